The second kappa shape index (κ2) is 3.99. The van der Waals surface area contributed by atoms with E-state index in [1.165, 1.54) is 10.6 Å². The molecule has 2 nitrogen and oxygen atoms in total. The van der Waals surface area contributed by atoms with Crippen molar-refractivity contribution in [1.82, 2.24) is 9.55 Å². The summed E-state index contributed by atoms with van der Waals surface area (Å²) in [6, 6.07) is 5.90. The molecule has 1 aromatic carbocycles. The van der Waals surface area contributed by atoms with Crippen molar-refractivity contribution in [3.63, 3.8) is 0 Å². The molecule has 82 valence electrons. The molecular weight excluding hydrogens is 263 g/mol. The number of halogens is 2. The second-order valence-corrected chi connectivity index (χ2v) is 5.26. The van der Waals surface area contributed by atoms with Crippen molar-refractivity contribution in [2.45, 2.75) is 16.5 Å². The summed E-state index contributed by atoms with van der Waals surface area (Å²) in [5.41, 5.74) is 2.32. The van der Waals surface area contributed by atoms with Gasteiger partial charge in [-0.25, -0.2) is 4.98 Å². The minimum absolute atomic E-state index is 0.423. The summed E-state index contributed by atoms with van der Waals surface area (Å²) >= 11 is 13.7. The van der Waals surface area contributed by atoms with Crippen LogP contribution in [0.5, 0.6) is 0 Å². The van der Waals surface area contributed by atoms with E-state index in [4.69, 9.17) is 23.2 Å². The Morgan fingerprint density at radius 3 is 3.12 bits per heavy atom. The fourth-order valence-electron chi connectivity index (χ4n) is 1.86. The molecule has 0 bridgehead atoms. The summed E-state index contributed by atoms with van der Waals surface area (Å²) < 4.78 is 2.12. The summed E-state index contributed by atoms with van der Waals surface area (Å²) in [5, 5.41) is 0.766. The molecule has 0 N–H and O–H groups in total. The number of alkyl halides is 1. The smallest absolute Gasteiger partial charge is 0.128 e. The molecule has 0 atom stereocenters. The average molecular weight is 271 g/mol. The molecule has 0 unspecified atom stereocenters. The van der Waals surface area contributed by atoms with Gasteiger partial charge in [0.1, 0.15) is 5.82 Å². The first-order valence-corrected chi connectivity index (χ1v) is 6.73. The van der Waals surface area contributed by atoms with Crippen molar-refractivity contribution in [1.29, 1.82) is 0 Å². The van der Waals surface area contributed by atoms with E-state index in [0.29, 0.717) is 5.88 Å². The number of fused-ring (bicyclic) bond motifs is 3. The highest BCUT2D eigenvalue weighted by Crippen LogP contribution is 2.37. The van der Waals surface area contributed by atoms with E-state index in [-0.39, 0.29) is 0 Å². The minimum Gasteiger partial charge on any atom is -0.298 e. The zero-order chi connectivity index (χ0) is 11.1. The summed E-state index contributed by atoms with van der Waals surface area (Å²) in [7, 11) is 0. The van der Waals surface area contributed by atoms with Crippen LogP contribution >= 0.6 is 35.0 Å². The third-order valence-corrected chi connectivity index (χ3v) is 4.12. The van der Waals surface area contributed by atoms with Crippen molar-refractivity contribution < 1.29 is 0 Å². The number of imidazole rings is 1. The number of thioether (sulfide) groups is 1. The minimum atomic E-state index is 0.423. The predicted molar refractivity (Wildman–Crippen MR) is 67.7 cm³/mol. The summed E-state index contributed by atoms with van der Waals surface area (Å²) in [5.74, 6) is 2.23. The van der Waals surface area contributed by atoms with Gasteiger partial charge in [0.2, 0.25) is 0 Å². The Morgan fingerprint density at radius 1 is 1.44 bits per heavy atom. The van der Waals surface area contributed by atoms with Crippen LogP contribution in [0.1, 0.15) is 11.5 Å². The number of nitrogens with zero attached hydrogens (tertiary/aromatic N) is 2. The van der Waals surface area contributed by atoms with Gasteiger partial charge < -0.3 is 0 Å². The molecule has 0 spiro atoms. The molecule has 3 rings (SSSR count). The van der Waals surface area contributed by atoms with E-state index in [1.54, 1.807) is 11.8 Å². The normalized spacial score (nSPS) is 13.4. The third-order valence-electron chi connectivity index (χ3n) is 2.57. The van der Waals surface area contributed by atoms with E-state index < -0.39 is 0 Å². The number of hydrogen-bond donors (Lipinski definition) is 0. The SMILES string of the molecule is ClCc1ncc2n1-c1ccc(Cl)cc1SC2. The molecule has 0 saturated heterocycles. The summed E-state index contributed by atoms with van der Waals surface area (Å²) in [4.78, 5) is 5.51. The highest BCUT2D eigenvalue weighted by molar-refractivity contribution is 7.98. The summed E-state index contributed by atoms with van der Waals surface area (Å²) in [6.07, 6.45) is 1.89. The lowest BCUT2D eigenvalue weighted by molar-refractivity contribution is 0.891. The monoisotopic (exact) mass is 270 g/mol. The molecule has 0 saturated carbocycles. The maximum Gasteiger partial charge on any atom is 0.128 e. The van der Waals surface area contributed by atoms with Gasteiger partial charge in [-0.05, 0) is 18.2 Å². The van der Waals surface area contributed by atoms with Crippen LogP contribution in [0.4, 0.5) is 0 Å². The standard InChI is InChI=1S/C11H8Cl2N2S/c12-4-11-14-5-8-6-16-10-3-7(13)1-2-9(10)15(8)11/h1-3,5H,4,6H2. The lowest BCUT2D eigenvalue weighted by atomic mass is 10.3. The highest BCUT2D eigenvalue weighted by Gasteiger charge is 2.19. The van der Waals surface area contributed by atoms with Gasteiger partial charge in [0.05, 0.1) is 17.3 Å². The van der Waals surface area contributed by atoms with Crippen LogP contribution in [0, 0.1) is 0 Å². The van der Waals surface area contributed by atoms with Crippen LogP contribution in [0.25, 0.3) is 5.69 Å². The van der Waals surface area contributed by atoms with E-state index in [2.05, 4.69) is 9.55 Å². The molecule has 0 fully saturated rings. The van der Waals surface area contributed by atoms with Crippen LogP contribution < -0.4 is 0 Å². The quantitative estimate of drug-likeness (QED) is 0.733. The van der Waals surface area contributed by atoms with Crippen LogP contribution in [0.3, 0.4) is 0 Å². The number of aromatic nitrogens is 2. The molecule has 0 amide bonds. The Bertz CT molecular complexity index is 537. The highest BCUT2D eigenvalue weighted by atomic mass is 35.5. The van der Waals surface area contributed by atoms with Crippen molar-refractivity contribution in [2.75, 3.05) is 0 Å². The Labute approximate surface area is 108 Å². The van der Waals surface area contributed by atoms with Gasteiger partial charge in [-0.2, -0.15) is 0 Å². The molecule has 1 aromatic heterocycles. The Balaban J connectivity index is 2.24. The molecule has 2 aromatic rings. The number of benzene rings is 1. The Kier molecular flexibility index (Phi) is 2.62. The zero-order valence-electron chi connectivity index (χ0n) is 8.28. The molecule has 16 heavy (non-hydrogen) atoms. The van der Waals surface area contributed by atoms with Gasteiger partial charge >= 0.3 is 0 Å². The van der Waals surface area contributed by atoms with Gasteiger partial charge in [-0.3, -0.25) is 4.57 Å². The number of rotatable bonds is 1. The van der Waals surface area contributed by atoms with Gasteiger partial charge in [-0.1, -0.05) is 11.6 Å². The third kappa shape index (κ3) is 1.54. The van der Waals surface area contributed by atoms with E-state index >= 15 is 0 Å². The van der Waals surface area contributed by atoms with E-state index in [9.17, 15) is 0 Å². The van der Waals surface area contributed by atoms with Crippen molar-refractivity contribution in [3.8, 4) is 5.69 Å². The first-order chi connectivity index (χ1) is 7.79. The van der Waals surface area contributed by atoms with Gasteiger partial charge in [-0.15, -0.1) is 23.4 Å². The number of hydrogen-bond acceptors (Lipinski definition) is 2. The van der Waals surface area contributed by atoms with Crippen LogP contribution in [0.15, 0.2) is 29.3 Å². The lowest BCUT2D eigenvalue weighted by Gasteiger charge is -2.19. The zero-order valence-corrected chi connectivity index (χ0v) is 10.6. The first-order valence-electron chi connectivity index (χ1n) is 4.84. The molecule has 2 heterocycles. The van der Waals surface area contributed by atoms with Crippen LogP contribution in [0.2, 0.25) is 5.02 Å². The Hall–Kier alpha value is -0.640. The Morgan fingerprint density at radius 2 is 2.31 bits per heavy atom. The average Bonchev–Trinajstić information content (AvgIpc) is 2.71. The van der Waals surface area contributed by atoms with Crippen molar-refractivity contribution in [3.05, 3.63) is 40.9 Å². The van der Waals surface area contributed by atoms with Crippen LogP contribution in [-0.2, 0) is 11.6 Å². The van der Waals surface area contributed by atoms with Crippen LogP contribution in [-0.4, -0.2) is 9.55 Å². The molecule has 0 radical (unpaired) electrons. The molecule has 5 heteroatoms. The molecular formula is C11H8Cl2N2S. The molecule has 1 aliphatic heterocycles. The second-order valence-electron chi connectivity index (χ2n) is 3.54. The predicted octanol–water partition coefficient (Wildman–Crippen LogP) is 3.87. The maximum absolute atomic E-state index is 5.99. The van der Waals surface area contributed by atoms with Crippen molar-refractivity contribution >= 4 is 35.0 Å². The van der Waals surface area contributed by atoms with E-state index in [0.717, 1.165) is 22.3 Å². The molecule has 1 aliphatic rings. The van der Waals surface area contributed by atoms with Gasteiger partial charge in [0.25, 0.3) is 0 Å². The molecule has 0 aliphatic carbocycles. The fourth-order valence-corrected chi connectivity index (χ4v) is 3.31. The van der Waals surface area contributed by atoms with E-state index in [1.807, 2.05) is 24.4 Å². The van der Waals surface area contributed by atoms with Crippen molar-refractivity contribution in [2.24, 2.45) is 0 Å². The topological polar surface area (TPSA) is 17.8 Å². The lowest BCUT2D eigenvalue weighted by Crippen LogP contribution is -2.08. The summed E-state index contributed by atoms with van der Waals surface area (Å²) in [6.45, 7) is 0. The largest absolute Gasteiger partial charge is 0.298 e. The van der Waals surface area contributed by atoms with Gasteiger partial charge in [0.15, 0.2) is 0 Å². The first kappa shape index (κ1) is 10.5. The fraction of sp³-hybridized carbons (Fsp3) is 0.182. The maximum atomic E-state index is 5.99. The van der Waals surface area contributed by atoms with Gasteiger partial charge in [0, 0.05) is 21.9 Å².